The first kappa shape index (κ1) is 14.4. The van der Waals surface area contributed by atoms with Gasteiger partial charge >= 0.3 is 6.18 Å². The lowest BCUT2D eigenvalue weighted by molar-refractivity contribution is -0.173. The molecule has 0 bridgehead atoms. The fourth-order valence-electron chi connectivity index (χ4n) is 2.66. The van der Waals surface area contributed by atoms with Crippen molar-refractivity contribution >= 4 is 5.82 Å². The molecule has 7 heteroatoms. The summed E-state index contributed by atoms with van der Waals surface area (Å²) in [5, 5.41) is 15.8. The molecule has 0 aliphatic carbocycles. The third-order valence-corrected chi connectivity index (χ3v) is 3.84. The van der Waals surface area contributed by atoms with Crippen LogP contribution in [0.2, 0.25) is 0 Å². The van der Waals surface area contributed by atoms with Crippen LogP contribution in [0.25, 0.3) is 0 Å². The molecule has 2 aromatic rings. The zero-order chi connectivity index (χ0) is 15.9. The minimum atomic E-state index is -4.42. The average Bonchev–Trinajstić information content (AvgIpc) is 2.88. The molecule has 0 unspecified atom stereocenters. The highest BCUT2D eigenvalue weighted by Crippen LogP contribution is 2.44. The molecule has 22 heavy (non-hydrogen) atoms. The molecule has 0 amide bonds. The summed E-state index contributed by atoms with van der Waals surface area (Å²) >= 11 is 0. The van der Waals surface area contributed by atoms with Gasteiger partial charge in [-0.1, -0.05) is 29.8 Å². The summed E-state index contributed by atoms with van der Waals surface area (Å²) in [6.45, 7) is 1.92. The predicted molar refractivity (Wildman–Crippen MR) is 74.2 cm³/mol. The van der Waals surface area contributed by atoms with E-state index in [1.165, 1.54) is 6.20 Å². The van der Waals surface area contributed by atoms with E-state index in [1.54, 1.807) is 12.1 Å². The number of halogens is 3. The number of aryl methyl sites for hydroxylation is 1. The maximum absolute atomic E-state index is 13.3. The van der Waals surface area contributed by atoms with Gasteiger partial charge in [0.15, 0.2) is 6.04 Å². The van der Waals surface area contributed by atoms with Crippen LogP contribution in [0.15, 0.2) is 30.5 Å². The fraction of sp³-hybridized carbons (Fsp3) is 0.333. The Morgan fingerprint density at radius 3 is 2.59 bits per heavy atom. The molecule has 0 spiro atoms. The average molecular weight is 306 g/mol. The molecule has 2 heterocycles. The third-order valence-electron chi connectivity index (χ3n) is 3.84. The molecular formula is C15H13F3N4. The number of hydrogen-bond acceptors (Lipinski definition) is 3. The second-order valence-corrected chi connectivity index (χ2v) is 5.36. The van der Waals surface area contributed by atoms with E-state index in [4.69, 9.17) is 5.26 Å². The van der Waals surface area contributed by atoms with Crippen LogP contribution in [0, 0.1) is 18.3 Å². The van der Waals surface area contributed by atoms with Crippen molar-refractivity contribution in [2.75, 3.05) is 5.32 Å². The number of alkyl halides is 3. The van der Waals surface area contributed by atoms with E-state index in [9.17, 15) is 13.2 Å². The number of benzene rings is 1. The van der Waals surface area contributed by atoms with Crippen LogP contribution in [0.1, 0.15) is 35.2 Å². The molecule has 0 saturated heterocycles. The molecule has 2 atom stereocenters. The summed E-state index contributed by atoms with van der Waals surface area (Å²) < 4.78 is 40.8. The molecule has 1 aromatic heterocycles. The van der Waals surface area contributed by atoms with Crippen LogP contribution in [0.5, 0.6) is 0 Å². The number of fused-ring (bicyclic) bond motifs is 1. The molecule has 0 radical (unpaired) electrons. The number of aromatic nitrogens is 2. The monoisotopic (exact) mass is 306 g/mol. The summed E-state index contributed by atoms with van der Waals surface area (Å²) in [6, 6.07) is 6.95. The van der Waals surface area contributed by atoms with Crippen molar-refractivity contribution < 1.29 is 13.2 Å². The summed E-state index contributed by atoms with van der Waals surface area (Å²) in [7, 11) is 0. The van der Waals surface area contributed by atoms with Gasteiger partial charge in [-0.15, -0.1) is 0 Å². The van der Waals surface area contributed by atoms with Crippen LogP contribution < -0.4 is 5.32 Å². The molecular weight excluding hydrogens is 293 g/mol. The van der Waals surface area contributed by atoms with Crippen LogP contribution in [0.3, 0.4) is 0 Å². The van der Waals surface area contributed by atoms with E-state index in [2.05, 4.69) is 10.4 Å². The number of nitrogens with zero attached hydrogens (tertiary/aromatic N) is 3. The molecule has 1 aliphatic heterocycles. The van der Waals surface area contributed by atoms with Gasteiger partial charge in [0, 0.05) is 6.42 Å². The third kappa shape index (κ3) is 2.41. The lowest BCUT2D eigenvalue weighted by atomic mass is 9.96. The summed E-state index contributed by atoms with van der Waals surface area (Å²) in [5.74, 6) is 0.127. The van der Waals surface area contributed by atoms with Gasteiger partial charge in [-0.2, -0.15) is 23.5 Å². The molecule has 1 N–H and O–H groups in total. The SMILES string of the molecule is Cc1ccc([C@@H]2C[C@H](C(F)(F)F)n3ncc(C#N)c3N2)cc1. The Labute approximate surface area is 125 Å². The second-order valence-electron chi connectivity index (χ2n) is 5.36. The molecule has 0 saturated carbocycles. The van der Waals surface area contributed by atoms with Gasteiger partial charge in [0.25, 0.3) is 0 Å². The van der Waals surface area contributed by atoms with Gasteiger partial charge < -0.3 is 5.32 Å². The largest absolute Gasteiger partial charge is 0.410 e. The van der Waals surface area contributed by atoms with Gasteiger partial charge in [-0.3, -0.25) is 0 Å². The Hall–Kier alpha value is -2.49. The quantitative estimate of drug-likeness (QED) is 0.873. The summed E-state index contributed by atoms with van der Waals surface area (Å²) in [6.07, 6.45) is -3.41. The van der Waals surface area contributed by atoms with E-state index in [1.807, 2.05) is 25.1 Å². The number of nitriles is 1. The second kappa shape index (κ2) is 5.05. The molecule has 1 aliphatic rings. The summed E-state index contributed by atoms with van der Waals surface area (Å²) in [4.78, 5) is 0. The highest BCUT2D eigenvalue weighted by atomic mass is 19.4. The van der Waals surface area contributed by atoms with Gasteiger partial charge in [0.05, 0.1) is 12.2 Å². The Kier molecular flexibility index (Phi) is 3.32. The maximum Gasteiger partial charge on any atom is 0.410 e. The first-order chi connectivity index (χ1) is 10.4. The normalized spacial score (nSPS) is 20.9. The molecule has 4 nitrogen and oxygen atoms in total. The van der Waals surface area contributed by atoms with Crippen molar-refractivity contribution in [2.24, 2.45) is 0 Å². The van der Waals surface area contributed by atoms with Crippen LogP contribution >= 0.6 is 0 Å². The van der Waals surface area contributed by atoms with Crippen molar-refractivity contribution in [3.63, 3.8) is 0 Å². The van der Waals surface area contributed by atoms with E-state index in [0.717, 1.165) is 15.8 Å². The Balaban J connectivity index is 2.03. The molecule has 114 valence electrons. The number of hydrogen-bond donors (Lipinski definition) is 1. The van der Waals surface area contributed by atoms with Crippen molar-refractivity contribution in [1.29, 1.82) is 5.26 Å². The van der Waals surface area contributed by atoms with Crippen LogP contribution in [0.4, 0.5) is 19.0 Å². The van der Waals surface area contributed by atoms with Crippen molar-refractivity contribution in [1.82, 2.24) is 9.78 Å². The zero-order valence-corrected chi connectivity index (χ0v) is 11.7. The van der Waals surface area contributed by atoms with Gasteiger partial charge in [-0.05, 0) is 12.5 Å². The number of nitrogens with one attached hydrogen (secondary N) is 1. The Bertz CT molecular complexity index is 725. The van der Waals surface area contributed by atoms with E-state index in [-0.39, 0.29) is 17.8 Å². The molecule has 0 fully saturated rings. The highest BCUT2D eigenvalue weighted by Gasteiger charge is 2.46. The maximum atomic E-state index is 13.3. The highest BCUT2D eigenvalue weighted by molar-refractivity contribution is 5.54. The fourth-order valence-corrected chi connectivity index (χ4v) is 2.66. The Morgan fingerprint density at radius 1 is 1.32 bits per heavy atom. The van der Waals surface area contributed by atoms with Crippen molar-refractivity contribution in [3.05, 3.63) is 47.2 Å². The Morgan fingerprint density at radius 2 is 2.00 bits per heavy atom. The first-order valence-electron chi connectivity index (χ1n) is 6.77. The predicted octanol–water partition coefficient (Wildman–Crippen LogP) is 3.72. The number of rotatable bonds is 1. The zero-order valence-electron chi connectivity index (χ0n) is 11.7. The van der Waals surface area contributed by atoms with E-state index in [0.29, 0.717) is 0 Å². The topological polar surface area (TPSA) is 53.6 Å². The van der Waals surface area contributed by atoms with Gasteiger partial charge in [0.2, 0.25) is 0 Å². The van der Waals surface area contributed by atoms with E-state index < -0.39 is 18.3 Å². The van der Waals surface area contributed by atoms with Crippen molar-refractivity contribution in [2.45, 2.75) is 31.6 Å². The van der Waals surface area contributed by atoms with Gasteiger partial charge in [0.1, 0.15) is 17.5 Å². The van der Waals surface area contributed by atoms with Crippen LogP contribution in [-0.4, -0.2) is 16.0 Å². The lowest BCUT2D eigenvalue weighted by Gasteiger charge is -2.33. The minimum Gasteiger partial charge on any atom is -0.362 e. The smallest absolute Gasteiger partial charge is 0.362 e. The van der Waals surface area contributed by atoms with E-state index >= 15 is 0 Å². The molecule has 3 rings (SSSR count). The first-order valence-corrected chi connectivity index (χ1v) is 6.77. The molecule has 1 aromatic carbocycles. The van der Waals surface area contributed by atoms with Crippen LogP contribution in [-0.2, 0) is 0 Å². The number of anilines is 1. The van der Waals surface area contributed by atoms with Crippen molar-refractivity contribution in [3.8, 4) is 6.07 Å². The van der Waals surface area contributed by atoms with Gasteiger partial charge in [-0.25, -0.2) is 4.68 Å². The lowest BCUT2D eigenvalue weighted by Crippen LogP contribution is -2.35. The summed E-state index contributed by atoms with van der Waals surface area (Å²) in [5.41, 5.74) is 1.91. The standard InChI is InChI=1S/C15H13F3N4/c1-9-2-4-10(5-3-9)12-6-13(15(16,17)18)22-14(21-12)11(7-19)8-20-22/h2-5,8,12-13,21H,6H2,1H3/t12-,13+/m0/s1. The minimum absolute atomic E-state index is 0.117.